The molecule has 0 radical (unpaired) electrons. The Kier molecular flexibility index (Phi) is 4.30. The molecule has 2 heterocycles. The average Bonchev–Trinajstić information content (AvgIpc) is 3.36. The molecule has 1 aliphatic carbocycles. The first kappa shape index (κ1) is 15.3. The van der Waals surface area contributed by atoms with E-state index in [1.807, 2.05) is 17.0 Å². The number of allylic oxidation sites excluding steroid dienone is 3. The highest BCUT2D eigenvalue weighted by atomic mass is 32.1. The monoisotopic (exact) mass is 336 g/mol. The van der Waals surface area contributed by atoms with Crippen molar-refractivity contribution in [1.29, 1.82) is 0 Å². The largest absolute Gasteiger partial charge is 0.339 e. The molecule has 0 saturated carbocycles. The summed E-state index contributed by atoms with van der Waals surface area (Å²) < 4.78 is 0. The molecular weight excluding hydrogens is 316 g/mol. The van der Waals surface area contributed by atoms with Crippen LogP contribution in [0.4, 0.5) is 0 Å². The van der Waals surface area contributed by atoms with Gasteiger partial charge in [0.05, 0.1) is 10.7 Å². The predicted molar refractivity (Wildman–Crippen MR) is 97.9 cm³/mol. The Morgan fingerprint density at radius 1 is 1.17 bits per heavy atom. The summed E-state index contributed by atoms with van der Waals surface area (Å²) in [7, 11) is 0. The summed E-state index contributed by atoms with van der Waals surface area (Å²) >= 11 is 1.69. The average molecular weight is 336 g/mol. The number of rotatable bonds is 4. The van der Waals surface area contributed by atoms with E-state index < -0.39 is 0 Å². The fourth-order valence-corrected chi connectivity index (χ4v) is 4.11. The maximum atomic E-state index is 12.5. The molecule has 2 aromatic rings. The number of thiazole rings is 1. The van der Waals surface area contributed by atoms with Gasteiger partial charge in [-0.3, -0.25) is 4.79 Å². The summed E-state index contributed by atoms with van der Waals surface area (Å²) in [6.45, 7) is 1.81. The summed E-state index contributed by atoms with van der Waals surface area (Å²) in [5.74, 6) is 0.207. The van der Waals surface area contributed by atoms with Gasteiger partial charge < -0.3 is 4.90 Å². The van der Waals surface area contributed by atoms with E-state index in [-0.39, 0.29) is 5.91 Å². The summed E-state index contributed by atoms with van der Waals surface area (Å²) in [6.07, 6.45) is 8.02. The summed E-state index contributed by atoms with van der Waals surface area (Å²) in [5, 5.41) is 3.22. The summed E-state index contributed by atoms with van der Waals surface area (Å²) in [5.41, 5.74) is 4.27. The quantitative estimate of drug-likeness (QED) is 0.843. The number of hydrogen-bond donors (Lipinski definition) is 0. The Balaban J connectivity index is 1.46. The van der Waals surface area contributed by atoms with E-state index in [0.29, 0.717) is 0 Å². The third-order valence-corrected chi connectivity index (χ3v) is 5.43. The van der Waals surface area contributed by atoms with Crippen LogP contribution in [-0.2, 0) is 11.2 Å². The number of likely N-dealkylation sites (tertiary alicyclic amines) is 1. The second-order valence-corrected chi connectivity index (χ2v) is 7.26. The minimum absolute atomic E-state index is 0.207. The number of benzene rings is 1. The van der Waals surface area contributed by atoms with E-state index in [1.165, 1.54) is 5.56 Å². The SMILES string of the molecule is O=C(C1=CC(c2csc(Cc3ccccc3)n2)=CC1)N1CCCC1. The topological polar surface area (TPSA) is 33.2 Å². The normalized spacial score (nSPS) is 17.1. The molecule has 0 unspecified atom stereocenters. The number of carbonyl (C=O) groups excluding carboxylic acids is 1. The molecule has 1 amide bonds. The number of carbonyl (C=O) groups is 1. The number of hydrogen-bond acceptors (Lipinski definition) is 3. The third-order valence-electron chi connectivity index (χ3n) is 4.59. The van der Waals surface area contributed by atoms with Gasteiger partial charge in [-0.2, -0.15) is 0 Å². The molecule has 24 heavy (non-hydrogen) atoms. The first-order chi connectivity index (χ1) is 11.8. The molecule has 2 aliphatic rings. The van der Waals surface area contributed by atoms with Crippen molar-refractivity contribution in [3.63, 3.8) is 0 Å². The first-order valence-electron chi connectivity index (χ1n) is 8.48. The van der Waals surface area contributed by atoms with Gasteiger partial charge in [-0.05, 0) is 36.5 Å². The smallest absolute Gasteiger partial charge is 0.250 e. The molecular formula is C20H20N2OS. The molecule has 122 valence electrons. The lowest BCUT2D eigenvalue weighted by molar-refractivity contribution is -0.126. The Morgan fingerprint density at radius 3 is 2.75 bits per heavy atom. The van der Waals surface area contributed by atoms with Crippen LogP contribution >= 0.6 is 11.3 Å². The molecule has 1 saturated heterocycles. The van der Waals surface area contributed by atoms with Gasteiger partial charge in [0.25, 0.3) is 0 Å². The van der Waals surface area contributed by atoms with Crippen molar-refractivity contribution in [2.45, 2.75) is 25.7 Å². The fourth-order valence-electron chi connectivity index (χ4n) is 3.27. The van der Waals surface area contributed by atoms with Crippen molar-refractivity contribution in [2.24, 2.45) is 0 Å². The molecule has 1 aliphatic heterocycles. The molecule has 4 heteroatoms. The highest BCUT2D eigenvalue weighted by Gasteiger charge is 2.23. The molecule has 1 aromatic carbocycles. The Hall–Kier alpha value is -2.20. The second-order valence-electron chi connectivity index (χ2n) is 6.32. The lowest BCUT2D eigenvalue weighted by Crippen LogP contribution is -2.28. The minimum atomic E-state index is 0.207. The minimum Gasteiger partial charge on any atom is -0.339 e. The molecule has 0 atom stereocenters. The van der Waals surface area contributed by atoms with Crippen molar-refractivity contribution in [2.75, 3.05) is 13.1 Å². The van der Waals surface area contributed by atoms with Crippen LogP contribution in [0.1, 0.15) is 35.5 Å². The van der Waals surface area contributed by atoms with Gasteiger partial charge in [-0.25, -0.2) is 4.98 Å². The lowest BCUT2D eigenvalue weighted by atomic mass is 10.1. The van der Waals surface area contributed by atoms with Crippen molar-refractivity contribution < 1.29 is 4.79 Å². The number of aromatic nitrogens is 1. The standard InChI is InChI=1S/C20H20N2OS/c23-20(22-10-4-5-11-22)17-9-8-16(13-17)18-14-24-19(21-18)12-15-6-2-1-3-7-15/h1-3,6-8,13-14H,4-5,9-12H2. The highest BCUT2D eigenvalue weighted by molar-refractivity contribution is 7.09. The van der Waals surface area contributed by atoms with E-state index in [9.17, 15) is 4.79 Å². The molecule has 0 N–H and O–H groups in total. The van der Waals surface area contributed by atoms with Crippen LogP contribution in [0, 0.1) is 0 Å². The van der Waals surface area contributed by atoms with Gasteiger partial charge in [0, 0.05) is 30.5 Å². The lowest BCUT2D eigenvalue weighted by Gasteiger charge is -2.15. The van der Waals surface area contributed by atoms with Crippen molar-refractivity contribution in [3.05, 3.63) is 69.7 Å². The number of amides is 1. The van der Waals surface area contributed by atoms with Crippen LogP contribution < -0.4 is 0 Å². The van der Waals surface area contributed by atoms with E-state index in [0.717, 1.165) is 60.6 Å². The van der Waals surface area contributed by atoms with Gasteiger partial charge in [-0.1, -0.05) is 36.4 Å². The zero-order chi connectivity index (χ0) is 16.4. The van der Waals surface area contributed by atoms with Gasteiger partial charge in [0.1, 0.15) is 0 Å². The fraction of sp³-hybridized carbons (Fsp3) is 0.300. The van der Waals surface area contributed by atoms with Crippen LogP contribution in [0.2, 0.25) is 0 Å². The molecule has 1 aromatic heterocycles. The maximum Gasteiger partial charge on any atom is 0.250 e. The molecule has 0 bridgehead atoms. The van der Waals surface area contributed by atoms with Crippen molar-refractivity contribution in [1.82, 2.24) is 9.88 Å². The molecule has 1 fully saturated rings. The first-order valence-corrected chi connectivity index (χ1v) is 9.36. The van der Waals surface area contributed by atoms with E-state index in [4.69, 9.17) is 4.98 Å². The highest BCUT2D eigenvalue weighted by Crippen LogP contribution is 2.29. The predicted octanol–water partition coefficient (Wildman–Crippen LogP) is 4.07. The van der Waals surface area contributed by atoms with Crippen LogP contribution in [0.15, 0.2) is 53.4 Å². The summed E-state index contributed by atoms with van der Waals surface area (Å²) in [4.78, 5) is 19.2. The van der Waals surface area contributed by atoms with Gasteiger partial charge in [-0.15, -0.1) is 11.3 Å². The Bertz CT molecular complexity index is 798. The molecule has 3 nitrogen and oxygen atoms in total. The zero-order valence-electron chi connectivity index (χ0n) is 13.6. The van der Waals surface area contributed by atoms with Crippen LogP contribution in [0.5, 0.6) is 0 Å². The zero-order valence-corrected chi connectivity index (χ0v) is 14.4. The van der Waals surface area contributed by atoms with Crippen LogP contribution in [-0.4, -0.2) is 28.9 Å². The van der Waals surface area contributed by atoms with Gasteiger partial charge in [0.2, 0.25) is 5.91 Å². The Morgan fingerprint density at radius 2 is 1.96 bits per heavy atom. The van der Waals surface area contributed by atoms with E-state index >= 15 is 0 Å². The van der Waals surface area contributed by atoms with E-state index in [1.54, 1.807) is 11.3 Å². The van der Waals surface area contributed by atoms with Crippen LogP contribution in [0.25, 0.3) is 5.57 Å². The van der Waals surface area contributed by atoms with Crippen molar-refractivity contribution >= 4 is 22.8 Å². The second kappa shape index (κ2) is 6.73. The molecule has 4 rings (SSSR count). The Labute approximate surface area is 146 Å². The van der Waals surface area contributed by atoms with Crippen molar-refractivity contribution in [3.8, 4) is 0 Å². The van der Waals surface area contributed by atoms with Gasteiger partial charge in [0.15, 0.2) is 0 Å². The number of nitrogens with zero attached hydrogens (tertiary/aromatic N) is 2. The maximum absolute atomic E-state index is 12.5. The van der Waals surface area contributed by atoms with Gasteiger partial charge >= 0.3 is 0 Å². The van der Waals surface area contributed by atoms with Crippen LogP contribution in [0.3, 0.4) is 0 Å². The summed E-state index contributed by atoms with van der Waals surface area (Å²) in [6, 6.07) is 10.4. The molecule has 0 spiro atoms. The third kappa shape index (κ3) is 3.20. The van der Waals surface area contributed by atoms with E-state index in [2.05, 4.69) is 35.7 Å².